The van der Waals surface area contributed by atoms with Crippen molar-refractivity contribution in [2.75, 3.05) is 11.9 Å². The predicted octanol–water partition coefficient (Wildman–Crippen LogP) is 2.06. The lowest BCUT2D eigenvalue weighted by Gasteiger charge is -2.15. The van der Waals surface area contributed by atoms with Crippen LogP contribution in [0.1, 0.15) is 13.8 Å². The molecule has 1 heterocycles. The zero-order chi connectivity index (χ0) is 12.3. The van der Waals surface area contributed by atoms with Gasteiger partial charge in [0.2, 0.25) is 0 Å². The van der Waals surface area contributed by atoms with Gasteiger partial charge in [0, 0.05) is 17.3 Å². The maximum absolute atomic E-state index is 9.75. The van der Waals surface area contributed by atoms with Crippen LogP contribution >= 0.6 is 0 Å². The third kappa shape index (κ3) is 2.71. The predicted molar refractivity (Wildman–Crippen MR) is 68.9 cm³/mol. The number of rotatable bonds is 4. The van der Waals surface area contributed by atoms with Gasteiger partial charge in [0.25, 0.3) is 0 Å². The summed E-state index contributed by atoms with van der Waals surface area (Å²) in [5, 5.41) is 23.0. The van der Waals surface area contributed by atoms with Gasteiger partial charge in [-0.2, -0.15) is 5.10 Å². The Bertz CT molecular complexity index is 493. The average Bonchev–Trinajstić information content (AvgIpc) is 2.35. The molecule has 0 saturated heterocycles. The number of aliphatic hydroxyl groups is 1. The van der Waals surface area contributed by atoms with E-state index in [0.29, 0.717) is 6.54 Å². The molecular weight excluding hydrogens is 214 g/mol. The van der Waals surface area contributed by atoms with Gasteiger partial charge in [-0.1, -0.05) is 38.1 Å². The van der Waals surface area contributed by atoms with E-state index in [2.05, 4.69) is 15.5 Å². The molecule has 0 aliphatic rings. The van der Waals surface area contributed by atoms with E-state index in [1.165, 1.54) is 0 Å². The Kier molecular flexibility index (Phi) is 3.54. The summed E-state index contributed by atoms with van der Waals surface area (Å²) in [6.45, 7) is 4.46. The molecule has 0 fully saturated rings. The van der Waals surface area contributed by atoms with Crippen LogP contribution in [0.3, 0.4) is 0 Å². The van der Waals surface area contributed by atoms with Gasteiger partial charge in [0.05, 0.1) is 12.3 Å². The smallest absolute Gasteiger partial charge is 0.156 e. The van der Waals surface area contributed by atoms with E-state index in [1.54, 1.807) is 6.20 Å². The zero-order valence-electron chi connectivity index (χ0n) is 10.1. The van der Waals surface area contributed by atoms with Gasteiger partial charge in [0.15, 0.2) is 5.82 Å². The summed E-state index contributed by atoms with van der Waals surface area (Å²) >= 11 is 0. The van der Waals surface area contributed by atoms with E-state index in [-0.39, 0.29) is 12.0 Å². The van der Waals surface area contributed by atoms with Crippen LogP contribution in [0, 0.1) is 5.92 Å². The van der Waals surface area contributed by atoms with Gasteiger partial charge in [-0.05, 0) is 5.92 Å². The number of aliphatic hydroxyl groups excluding tert-OH is 1. The number of hydrogen-bond acceptors (Lipinski definition) is 4. The van der Waals surface area contributed by atoms with Crippen molar-refractivity contribution < 1.29 is 5.11 Å². The summed E-state index contributed by atoms with van der Waals surface area (Å²) < 4.78 is 0. The molecule has 1 aromatic heterocycles. The first-order valence-electron chi connectivity index (χ1n) is 5.81. The van der Waals surface area contributed by atoms with Crippen molar-refractivity contribution in [1.82, 2.24) is 10.2 Å². The fourth-order valence-electron chi connectivity index (χ4n) is 1.60. The second-order valence-corrected chi connectivity index (χ2v) is 4.47. The van der Waals surface area contributed by atoms with E-state index in [9.17, 15) is 5.11 Å². The molecule has 0 saturated carbocycles. The number of anilines is 1. The third-order valence-electron chi connectivity index (χ3n) is 2.82. The third-order valence-corrected chi connectivity index (χ3v) is 2.82. The molecule has 1 aromatic carbocycles. The van der Waals surface area contributed by atoms with Crippen LogP contribution in [-0.4, -0.2) is 28.0 Å². The number of nitrogens with one attached hydrogen (secondary N) is 1. The summed E-state index contributed by atoms with van der Waals surface area (Å²) in [6.07, 6.45) is 1.36. The summed E-state index contributed by atoms with van der Waals surface area (Å²) in [4.78, 5) is 0. The van der Waals surface area contributed by atoms with Crippen LogP contribution < -0.4 is 5.32 Å². The molecule has 0 amide bonds. The molecule has 0 radical (unpaired) electrons. The topological polar surface area (TPSA) is 58.0 Å². The molecule has 2 N–H and O–H groups in total. The fraction of sp³-hybridized carbons (Fsp3) is 0.385. The quantitative estimate of drug-likeness (QED) is 0.845. The second-order valence-electron chi connectivity index (χ2n) is 4.47. The normalized spacial score (nSPS) is 12.9. The highest BCUT2D eigenvalue weighted by Crippen LogP contribution is 2.19. The molecule has 17 heavy (non-hydrogen) atoms. The minimum Gasteiger partial charge on any atom is -0.391 e. The number of benzene rings is 1. The van der Waals surface area contributed by atoms with Crippen molar-refractivity contribution in [2.45, 2.75) is 20.0 Å². The van der Waals surface area contributed by atoms with E-state index < -0.39 is 0 Å². The first-order chi connectivity index (χ1) is 8.18. The summed E-state index contributed by atoms with van der Waals surface area (Å²) in [6, 6.07) is 7.92. The number of hydrogen-bond donors (Lipinski definition) is 2. The Morgan fingerprint density at radius 3 is 2.82 bits per heavy atom. The Labute approximate surface area is 101 Å². The number of fused-ring (bicyclic) bond motifs is 1. The summed E-state index contributed by atoms with van der Waals surface area (Å²) in [5.74, 6) is 0.952. The first kappa shape index (κ1) is 11.8. The van der Waals surface area contributed by atoms with Crippen LogP contribution in [0.4, 0.5) is 5.82 Å². The molecule has 0 spiro atoms. The van der Waals surface area contributed by atoms with Crippen molar-refractivity contribution >= 4 is 16.6 Å². The molecular formula is C13H17N3O. The van der Waals surface area contributed by atoms with Crippen LogP contribution in [0.15, 0.2) is 30.5 Å². The van der Waals surface area contributed by atoms with Gasteiger partial charge >= 0.3 is 0 Å². The van der Waals surface area contributed by atoms with Crippen molar-refractivity contribution in [2.24, 2.45) is 5.92 Å². The zero-order valence-corrected chi connectivity index (χ0v) is 10.1. The standard InChI is InChI=1S/C13H17N3O/c1-9(2)12(17)8-14-13-11-6-4-3-5-10(11)7-15-16-13/h3-7,9,12,17H,8H2,1-2H3,(H,14,16). The van der Waals surface area contributed by atoms with E-state index in [0.717, 1.165) is 16.6 Å². The van der Waals surface area contributed by atoms with Crippen LogP contribution in [0.25, 0.3) is 10.8 Å². The van der Waals surface area contributed by atoms with Crippen molar-refractivity contribution in [3.05, 3.63) is 30.5 Å². The van der Waals surface area contributed by atoms with E-state index in [1.807, 2.05) is 38.1 Å². The minimum atomic E-state index is -0.379. The highest BCUT2D eigenvalue weighted by atomic mass is 16.3. The molecule has 4 heteroatoms. The molecule has 4 nitrogen and oxygen atoms in total. The lowest BCUT2D eigenvalue weighted by molar-refractivity contribution is 0.138. The Hall–Kier alpha value is -1.68. The SMILES string of the molecule is CC(C)C(O)CNc1nncc2ccccc12. The Balaban J connectivity index is 2.19. The lowest BCUT2D eigenvalue weighted by atomic mass is 10.1. The van der Waals surface area contributed by atoms with Crippen LogP contribution in [0.2, 0.25) is 0 Å². The van der Waals surface area contributed by atoms with Crippen molar-refractivity contribution in [1.29, 1.82) is 0 Å². The fourth-order valence-corrected chi connectivity index (χ4v) is 1.60. The molecule has 0 aliphatic carbocycles. The largest absolute Gasteiger partial charge is 0.391 e. The molecule has 90 valence electrons. The van der Waals surface area contributed by atoms with E-state index >= 15 is 0 Å². The van der Waals surface area contributed by atoms with Gasteiger partial charge in [-0.25, -0.2) is 0 Å². The van der Waals surface area contributed by atoms with Crippen molar-refractivity contribution in [3.8, 4) is 0 Å². The molecule has 0 bridgehead atoms. The minimum absolute atomic E-state index is 0.227. The first-order valence-corrected chi connectivity index (χ1v) is 5.81. The van der Waals surface area contributed by atoms with Crippen molar-refractivity contribution in [3.63, 3.8) is 0 Å². The molecule has 1 atom stereocenters. The Morgan fingerprint density at radius 2 is 2.06 bits per heavy atom. The number of nitrogens with zero attached hydrogens (tertiary/aromatic N) is 2. The monoisotopic (exact) mass is 231 g/mol. The van der Waals surface area contributed by atoms with Gasteiger partial charge in [-0.3, -0.25) is 0 Å². The lowest BCUT2D eigenvalue weighted by Crippen LogP contribution is -2.25. The maximum atomic E-state index is 9.75. The van der Waals surface area contributed by atoms with Crippen LogP contribution in [0.5, 0.6) is 0 Å². The second kappa shape index (κ2) is 5.10. The van der Waals surface area contributed by atoms with E-state index in [4.69, 9.17) is 0 Å². The van der Waals surface area contributed by atoms with Gasteiger partial charge in [0.1, 0.15) is 0 Å². The van der Waals surface area contributed by atoms with Gasteiger partial charge in [-0.15, -0.1) is 5.10 Å². The Morgan fingerprint density at radius 1 is 1.29 bits per heavy atom. The summed E-state index contributed by atoms with van der Waals surface area (Å²) in [7, 11) is 0. The molecule has 2 aromatic rings. The average molecular weight is 231 g/mol. The van der Waals surface area contributed by atoms with Gasteiger partial charge < -0.3 is 10.4 Å². The highest BCUT2D eigenvalue weighted by Gasteiger charge is 2.10. The molecule has 2 rings (SSSR count). The highest BCUT2D eigenvalue weighted by molar-refractivity contribution is 5.90. The molecule has 1 unspecified atom stereocenters. The maximum Gasteiger partial charge on any atom is 0.156 e. The van der Waals surface area contributed by atoms with Crippen LogP contribution in [-0.2, 0) is 0 Å². The molecule has 0 aliphatic heterocycles. The summed E-state index contributed by atoms with van der Waals surface area (Å²) in [5.41, 5.74) is 0. The number of aromatic nitrogens is 2.